The molecule has 2 N–H and O–H groups in total. The quantitative estimate of drug-likeness (QED) is 0.526. The summed E-state index contributed by atoms with van der Waals surface area (Å²) in [5.41, 5.74) is 2.65. The number of nitrogens with one attached hydrogen (secondary N) is 2. The van der Waals surface area contributed by atoms with Crippen LogP contribution in [0.2, 0.25) is 10.0 Å². The molecule has 0 aliphatic carbocycles. The van der Waals surface area contributed by atoms with Gasteiger partial charge in [-0.25, -0.2) is 4.98 Å². The number of piperidine rings is 1. The monoisotopic (exact) mass is 498 g/mol. The van der Waals surface area contributed by atoms with Gasteiger partial charge in [-0.2, -0.15) is 4.98 Å². The minimum Gasteiger partial charge on any atom is -0.455 e. The number of para-hydroxylation sites is 1. The minimum atomic E-state index is -0.326. The van der Waals surface area contributed by atoms with Gasteiger partial charge < -0.3 is 20.3 Å². The molecule has 10 heteroatoms. The summed E-state index contributed by atoms with van der Waals surface area (Å²) in [5, 5.41) is 7.30. The van der Waals surface area contributed by atoms with E-state index in [-0.39, 0.29) is 24.1 Å². The number of anilines is 4. The summed E-state index contributed by atoms with van der Waals surface area (Å²) in [5.74, 6) is 0.229. The third-order valence-electron chi connectivity index (χ3n) is 6.15. The van der Waals surface area contributed by atoms with Gasteiger partial charge in [0.05, 0.1) is 15.7 Å². The predicted octanol–water partition coefficient (Wildman–Crippen LogP) is 4.71. The van der Waals surface area contributed by atoms with Crippen LogP contribution in [0, 0.1) is 0 Å². The van der Waals surface area contributed by atoms with Crippen LogP contribution in [0.5, 0.6) is 5.88 Å². The SMILES string of the molecule is CN(c1ccc(Nc2ncc3c(n2)OCN(c2c(Cl)cccc2Cl)C3=O)cc1)C1CCNCC1. The average molecular weight is 499 g/mol. The molecule has 2 aromatic carbocycles. The van der Waals surface area contributed by atoms with Gasteiger partial charge in [0.25, 0.3) is 5.91 Å². The van der Waals surface area contributed by atoms with Gasteiger partial charge in [0.15, 0.2) is 6.73 Å². The third kappa shape index (κ3) is 4.49. The molecule has 0 unspecified atom stereocenters. The highest BCUT2D eigenvalue weighted by Gasteiger charge is 2.31. The maximum Gasteiger partial charge on any atom is 0.268 e. The Hall–Kier alpha value is -3.07. The number of hydrogen-bond donors (Lipinski definition) is 2. The van der Waals surface area contributed by atoms with Crippen LogP contribution in [0.4, 0.5) is 23.0 Å². The fourth-order valence-corrected chi connectivity index (χ4v) is 4.84. The second-order valence-electron chi connectivity index (χ2n) is 8.25. The first-order chi connectivity index (χ1) is 16.5. The van der Waals surface area contributed by atoms with E-state index in [1.807, 2.05) is 12.1 Å². The van der Waals surface area contributed by atoms with Crippen LogP contribution >= 0.6 is 23.2 Å². The molecule has 3 heterocycles. The van der Waals surface area contributed by atoms with E-state index in [1.165, 1.54) is 11.1 Å². The predicted molar refractivity (Wildman–Crippen MR) is 135 cm³/mol. The molecule has 8 nitrogen and oxygen atoms in total. The minimum absolute atomic E-state index is 0.0521. The molecule has 5 rings (SSSR count). The normalized spacial score (nSPS) is 16.1. The highest BCUT2D eigenvalue weighted by molar-refractivity contribution is 6.40. The van der Waals surface area contributed by atoms with E-state index in [9.17, 15) is 4.79 Å². The number of carbonyl (C=O) groups is 1. The Labute approximate surface area is 207 Å². The Morgan fingerprint density at radius 2 is 1.82 bits per heavy atom. The van der Waals surface area contributed by atoms with Gasteiger partial charge in [0.1, 0.15) is 5.56 Å². The van der Waals surface area contributed by atoms with Gasteiger partial charge >= 0.3 is 0 Å². The van der Waals surface area contributed by atoms with Crippen LogP contribution in [0.3, 0.4) is 0 Å². The molecule has 1 saturated heterocycles. The Morgan fingerprint density at radius 1 is 1.12 bits per heavy atom. The second kappa shape index (κ2) is 9.66. The summed E-state index contributed by atoms with van der Waals surface area (Å²) in [4.78, 5) is 25.4. The first-order valence-electron chi connectivity index (χ1n) is 11.1. The van der Waals surface area contributed by atoms with Crippen LogP contribution in [-0.4, -0.2) is 48.8 Å². The van der Waals surface area contributed by atoms with Crippen molar-refractivity contribution in [2.24, 2.45) is 0 Å². The van der Waals surface area contributed by atoms with Crippen molar-refractivity contribution in [3.63, 3.8) is 0 Å². The van der Waals surface area contributed by atoms with E-state index >= 15 is 0 Å². The fourth-order valence-electron chi connectivity index (χ4n) is 4.24. The lowest BCUT2D eigenvalue weighted by atomic mass is 10.0. The topological polar surface area (TPSA) is 82.6 Å². The number of hydrogen-bond acceptors (Lipinski definition) is 7. The van der Waals surface area contributed by atoms with Gasteiger partial charge in [-0.1, -0.05) is 29.3 Å². The summed E-state index contributed by atoms with van der Waals surface area (Å²) in [7, 11) is 2.14. The van der Waals surface area contributed by atoms with Crippen molar-refractivity contribution in [3.05, 3.63) is 64.3 Å². The molecule has 34 heavy (non-hydrogen) atoms. The van der Waals surface area contributed by atoms with Crippen LogP contribution < -0.4 is 25.2 Å². The highest BCUT2D eigenvalue weighted by atomic mass is 35.5. The van der Waals surface area contributed by atoms with E-state index in [2.05, 4.69) is 44.7 Å². The number of ether oxygens (including phenoxy) is 1. The lowest BCUT2D eigenvalue weighted by molar-refractivity contribution is 0.0932. The van der Waals surface area contributed by atoms with Gasteiger partial charge in [-0.15, -0.1) is 0 Å². The molecule has 1 aromatic heterocycles. The first kappa shape index (κ1) is 22.7. The molecule has 1 amide bonds. The third-order valence-corrected chi connectivity index (χ3v) is 6.76. The fraction of sp³-hybridized carbons (Fsp3) is 0.292. The zero-order chi connectivity index (χ0) is 23.7. The Morgan fingerprint density at radius 3 is 2.53 bits per heavy atom. The lowest BCUT2D eigenvalue weighted by Crippen LogP contribution is -2.41. The smallest absolute Gasteiger partial charge is 0.268 e. The van der Waals surface area contributed by atoms with E-state index < -0.39 is 0 Å². The van der Waals surface area contributed by atoms with Crippen molar-refractivity contribution in [2.75, 3.05) is 42.0 Å². The van der Waals surface area contributed by atoms with Crippen molar-refractivity contribution >= 4 is 52.1 Å². The van der Waals surface area contributed by atoms with Gasteiger partial charge in [0, 0.05) is 30.7 Å². The maximum atomic E-state index is 13.0. The molecule has 3 aromatic rings. The van der Waals surface area contributed by atoms with E-state index in [1.54, 1.807) is 18.2 Å². The Kier molecular flexibility index (Phi) is 6.45. The zero-order valence-corrected chi connectivity index (χ0v) is 20.1. The summed E-state index contributed by atoms with van der Waals surface area (Å²) < 4.78 is 5.75. The molecule has 0 spiro atoms. The molecular weight excluding hydrogens is 475 g/mol. The zero-order valence-electron chi connectivity index (χ0n) is 18.6. The van der Waals surface area contributed by atoms with E-state index in [4.69, 9.17) is 27.9 Å². The lowest BCUT2D eigenvalue weighted by Gasteiger charge is -2.33. The molecule has 0 radical (unpaired) electrons. The van der Waals surface area contributed by atoms with Crippen LogP contribution in [-0.2, 0) is 0 Å². The molecule has 2 aliphatic rings. The average Bonchev–Trinajstić information content (AvgIpc) is 2.86. The second-order valence-corrected chi connectivity index (χ2v) is 9.07. The van der Waals surface area contributed by atoms with E-state index in [0.29, 0.717) is 27.7 Å². The molecule has 176 valence electrons. The number of halogens is 2. The number of aromatic nitrogens is 2. The van der Waals surface area contributed by atoms with E-state index in [0.717, 1.165) is 37.3 Å². The van der Waals surface area contributed by atoms with Crippen LogP contribution in [0.1, 0.15) is 23.2 Å². The molecule has 0 bridgehead atoms. The van der Waals surface area contributed by atoms with Crippen molar-refractivity contribution in [2.45, 2.75) is 18.9 Å². The number of benzene rings is 2. The number of carbonyl (C=O) groups excluding carboxylic acids is 1. The Balaban J connectivity index is 1.29. The van der Waals surface area contributed by atoms with Gasteiger partial charge in [-0.05, 0) is 62.3 Å². The number of nitrogens with zero attached hydrogens (tertiary/aromatic N) is 4. The van der Waals surface area contributed by atoms with Crippen molar-refractivity contribution in [3.8, 4) is 5.88 Å². The number of amides is 1. The van der Waals surface area contributed by atoms with Crippen molar-refractivity contribution in [1.82, 2.24) is 15.3 Å². The largest absolute Gasteiger partial charge is 0.455 e. The van der Waals surface area contributed by atoms with Crippen LogP contribution in [0.25, 0.3) is 0 Å². The summed E-state index contributed by atoms with van der Waals surface area (Å²) in [6.07, 6.45) is 3.72. The maximum absolute atomic E-state index is 13.0. The summed E-state index contributed by atoms with van der Waals surface area (Å²) >= 11 is 12.5. The molecule has 0 atom stereocenters. The molecule has 2 aliphatic heterocycles. The van der Waals surface area contributed by atoms with Gasteiger partial charge in [-0.3, -0.25) is 9.69 Å². The van der Waals surface area contributed by atoms with Gasteiger partial charge in [0.2, 0.25) is 11.8 Å². The molecule has 1 fully saturated rings. The number of fused-ring (bicyclic) bond motifs is 1. The van der Waals surface area contributed by atoms with Crippen molar-refractivity contribution in [1.29, 1.82) is 0 Å². The molecular formula is C24H24Cl2N6O2. The number of rotatable bonds is 5. The molecule has 0 saturated carbocycles. The van der Waals surface area contributed by atoms with Crippen molar-refractivity contribution < 1.29 is 9.53 Å². The first-order valence-corrected chi connectivity index (χ1v) is 11.8. The summed E-state index contributed by atoms with van der Waals surface area (Å²) in [6.45, 7) is 2.06. The highest BCUT2D eigenvalue weighted by Crippen LogP contribution is 2.37. The van der Waals surface area contributed by atoms with Crippen LogP contribution in [0.15, 0.2) is 48.7 Å². The Bertz CT molecular complexity index is 1180. The summed E-state index contributed by atoms with van der Waals surface area (Å²) in [6, 6.07) is 13.7. The standard InChI is InChI=1S/C24H24Cl2N6O2/c1-31(17-9-11-27-12-10-17)16-7-5-15(6-8-16)29-24-28-13-18-22(30-24)34-14-32(23(18)33)21-19(25)3-2-4-20(21)26/h2-8,13,17,27H,9-12,14H2,1H3,(H,28,29,30).